The lowest BCUT2D eigenvalue weighted by Gasteiger charge is -2.26. The van der Waals surface area contributed by atoms with E-state index in [4.69, 9.17) is 0 Å². The zero-order chi connectivity index (χ0) is 20.7. The van der Waals surface area contributed by atoms with Gasteiger partial charge in [-0.15, -0.1) is 0 Å². The summed E-state index contributed by atoms with van der Waals surface area (Å²) in [6.45, 7) is 1.26. The van der Waals surface area contributed by atoms with Crippen molar-refractivity contribution < 1.29 is 9.59 Å². The molecule has 4 atom stereocenters. The molecule has 2 saturated carbocycles. The fourth-order valence-corrected chi connectivity index (χ4v) is 5.65. The number of carbonyl (C=O) groups excluding carboxylic acids is 2. The van der Waals surface area contributed by atoms with Crippen LogP contribution in [-0.2, 0) is 16.1 Å². The first-order valence-corrected chi connectivity index (χ1v) is 11.2. The molecule has 30 heavy (non-hydrogen) atoms. The lowest BCUT2D eigenvalue weighted by atomic mass is 9.81. The molecule has 3 aliphatic carbocycles. The molecular weight excluding hydrogens is 446 g/mol. The molecule has 1 aromatic carbocycles. The molecule has 2 fully saturated rings. The van der Waals surface area contributed by atoms with Gasteiger partial charge < -0.3 is 10.6 Å². The van der Waals surface area contributed by atoms with Crippen LogP contribution in [0.5, 0.6) is 0 Å². The number of rotatable bonds is 7. The minimum Gasteiger partial charge on any atom is -0.356 e. The van der Waals surface area contributed by atoms with Crippen LogP contribution in [0.1, 0.15) is 19.3 Å². The molecule has 156 valence electrons. The van der Waals surface area contributed by atoms with Crippen LogP contribution in [0, 0.1) is 29.1 Å². The standard InChI is InChI=1S/C22H24BrN5O2/c23-14-2-4-15(5-3-14)27-21(30)19-17-7-6-16(22(17)8-9-22)18(19)20(29)25-10-1-11-28-13-24-12-26-28/h2-7,12-13,16-19H,1,8-11H2,(H,25,29)(H,27,30)/t16-,17+,18-,19-/m1/s1. The van der Waals surface area contributed by atoms with Crippen molar-refractivity contribution in [3.63, 3.8) is 0 Å². The smallest absolute Gasteiger partial charge is 0.228 e. The van der Waals surface area contributed by atoms with Gasteiger partial charge in [0.25, 0.3) is 0 Å². The average molecular weight is 470 g/mol. The summed E-state index contributed by atoms with van der Waals surface area (Å²) in [7, 11) is 0. The van der Waals surface area contributed by atoms with Gasteiger partial charge in [-0.3, -0.25) is 14.3 Å². The summed E-state index contributed by atoms with van der Waals surface area (Å²) in [6.07, 6.45) is 10.5. The fourth-order valence-electron chi connectivity index (χ4n) is 5.39. The van der Waals surface area contributed by atoms with E-state index in [0.717, 1.165) is 29.4 Å². The molecule has 0 unspecified atom stereocenters. The van der Waals surface area contributed by atoms with Crippen LogP contribution >= 0.6 is 15.9 Å². The molecule has 1 aromatic heterocycles. The molecule has 7 nitrogen and oxygen atoms in total. The van der Waals surface area contributed by atoms with E-state index in [9.17, 15) is 9.59 Å². The minimum absolute atomic E-state index is 0.00679. The number of nitrogens with one attached hydrogen (secondary N) is 2. The van der Waals surface area contributed by atoms with Crippen LogP contribution < -0.4 is 10.6 Å². The van der Waals surface area contributed by atoms with E-state index < -0.39 is 0 Å². The number of hydrogen-bond donors (Lipinski definition) is 2. The van der Waals surface area contributed by atoms with Crippen molar-refractivity contribution in [2.24, 2.45) is 29.1 Å². The van der Waals surface area contributed by atoms with Crippen molar-refractivity contribution in [1.29, 1.82) is 0 Å². The second kappa shape index (κ2) is 7.65. The van der Waals surface area contributed by atoms with E-state index in [1.807, 2.05) is 24.3 Å². The Morgan fingerprint density at radius 2 is 1.80 bits per heavy atom. The Bertz CT molecular complexity index is 968. The van der Waals surface area contributed by atoms with Crippen molar-refractivity contribution in [3.8, 4) is 0 Å². The van der Waals surface area contributed by atoms with E-state index in [1.165, 1.54) is 6.33 Å². The van der Waals surface area contributed by atoms with Crippen LogP contribution in [0.2, 0.25) is 0 Å². The van der Waals surface area contributed by atoms with Gasteiger partial charge in [0.15, 0.2) is 0 Å². The van der Waals surface area contributed by atoms with Gasteiger partial charge in [0.05, 0.1) is 11.8 Å². The third-order valence-corrected chi connectivity index (χ3v) is 7.42. The molecular formula is C22H24BrN5O2. The summed E-state index contributed by atoms with van der Waals surface area (Å²) in [5.41, 5.74) is 0.886. The molecule has 2 bridgehead atoms. The van der Waals surface area contributed by atoms with Crippen molar-refractivity contribution >= 4 is 33.4 Å². The van der Waals surface area contributed by atoms with Gasteiger partial charge in [-0.25, -0.2) is 4.98 Å². The molecule has 1 spiro atoms. The number of amides is 2. The van der Waals surface area contributed by atoms with E-state index in [0.29, 0.717) is 13.1 Å². The highest BCUT2D eigenvalue weighted by Crippen LogP contribution is 2.72. The number of anilines is 1. The van der Waals surface area contributed by atoms with Gasteiger partial charge in [0, 0.05) is 23.2 Å². The number of benzene rings is 1. The fraction of sp³-hybridized carbons (Fsp3) is 0.455. The maximum Gasteiger partial charge on any atom is 0.228 e. The van der Waals surface area contributed by atoms with E-state index in [-0.39, 0.29) is 40.9 Å². The van der Waals surface area contributed by atoms with E-state index in [2.05, 4.69) is 48.8 Å². The Balaban J connectivity index is 1.27. The van der Waals surface area contributed by atoms with Crippen molar-refractivity contribution in [1.82, 2.24) is 20.1 Å². The third kappa shape index (κ3) is 3.37. The maximum absolute atomic E-state index is 13.3. The average Bonchev–Trinajstić information content (AvgIpc) is 3.10. The monoisotopic (exact) mass is 469 g/mol. The maximum atomic E-state index is 13.3. The van der Waals surface area contributed by atoms with Crippen LogP contribution in [0.15, 0.2) is 53.5 Å². The second-order valence-electron chi connectivity index (χ2n) is 8.52. The van der Waals surface area contributed by atoms with E-state index in [1.54, 1.807) is 11.0 Å². The molecule has 1 heterocycles. The van der Waals surface area contributed by atoms with Gasteiger partial charge in [-0.05, 0) is 60.8 Å². The number of aromatic nitrogens is 3. The predicted molar refractivity (Wildman–Crippen MR) is 115 cm³/mol. The Kier molecular flexibility index (Phi) is 4.97. The lowest BCUT2D eigenvalue weighted by Crippen LogP contribution is -2.42. The highest BCUT2D eigenvalue weighted by molar-refractivity contribution is 9.10. The summed E-state index contributed by atoms with van der Waals surface area (Å²) >= 11 is 3.42. The summed E-state index contributed by atoms with van der Waals surface area (Å²) in [4.78, 5) is 30.3. The number of halogens is 1. The number of carbonyl (C=O) groups is 2. The van der Waals surface area contributed by atoms with Crippen molar-refractivity contribution in [2.45, 2.75) is 25.8 Å². The van der Waals surface area contributed by atoms with Crippen molar-refractivity contribution in [2.75, 3.05) is 11.9 Å². The molecule has 0 aliphatic heterocycles. The predicted octanol–water partition coefficient (Wildman–Crippen LogP) is 3.01. The van der Waals surface area contributed by atoms with Gasteiger partial charge in [0.2, 0.25) is 11.8 Å². The second-order valence-corrected chi connectivity index (χ2v) is 9.44. The Labute approximate surface area is 183 Å². The first-order valence-electron chi connectivity index (χ1n) is 10.4. The summed E-state index contributed by atoms with van der Waals surface area (Å²) < 4.78 is 2.71. The first kappa shape index (κ1) is 19.5. The molecule has 3 aliphatic rings. The zero-order valence-corrected chi connectivity index (χ0v) is 18.1. The van der Waals surface area contributed by atoms with Crippen LogP contribution in [0.4, 0.5) is 5.69 Å². The summed E-state index contributed by atoms with van der Waals surface area (Å²) in [5, 5.41) is 10.2. The molecule has 2 amide bonds. The summed E-state index contributed by atoms with van der Waals surface area (Å²) in [5.74, 6) is -0.357. The largest absolute Gasteiger partial charge is 0.356 e. The number of aryl methyl sites for hydroxylation is 1. The molecule has 2 aromatic rings. The van der Waals surface area contributed by atoms with Gasteiger partial charge in [-0.2, -0.15) is 5.10 Å². The first-order chi connectivity index (χ1) is 14.6. The number of nitrogens with zero attached hydrogens (tertiary/aromatic N) is 3. The zero-order valence-electron chi connectivity index (χ0n) is 16.5. The highest BCUT2D eigenvalue weighted by atomic mass is 79.9. The quantitative estimate of drug-likeness (QED) is 0.481. The molecule has 0 saturated heterocycles. The Morgan fingerprint density at radius 1 is 1.10 bits per heavy atom. The van der Waals surface area contributed by atoms with Crippen molar-refractivity contribution in [3.05, 3.63) is 53.5 Å². The Hall–Kier alpha value is -2.48. The SMILES string of the molecule is O=C(NCCCn1cncn1)[C@H]1[C@H](C(=O)Nc2ccc(Br)cc2)[C@@H]2C=C[C@H]1C21CC1. The van der Waals surface area contributed by atoms with Crippen LogP contribution in [0.25, 0.3) is 0 Å². The van der Waals surface area contributed by atoms with Gasteiger partial charge in [0.1, 0.15) is 12.7 Å². The van der Waals surface area contributed by atoms with Gasteiger partial charge >= 0.3 is 0 Å². The number of allylic oxidation sites excluding steroid dienone is 2. The molecule has 8 heteroatoms. The molecule has 0 radical (unpaired) electrons. The summed E-state index contributed by atoms with van der Waals surface area (Å²) in [6, 6.07) is 7.55. The van der Waals surface area contributed by atoms with Crippen LogP contribution in [-0.4, -0.2) is 33.1 Å². The van der Waals surface area contributed by atoms with Crippen LogP contribution in [0.3, 0.4) is 0 Å². The normalized spacial score (nSPS) is 27.4. The highest BCUT2D eigenvalue weighted by Gasteiger charge is 2.69. The minimum atomic E-state index is -0.318. The van der Waals surface area contributed by atoms with E-state index >= 15 is 0 Å². The topological polar surface area (TPSA) is 88.9 Å². The van der Waals surface area contributed by atoms with Gasteiger partial charge in [-0.1, -0.05) is 28.1 Å². The Morgan fingerprint density at radius 3 is 2.43 bits per heavy atom. The molecule has 5 rings (SSSR count). The lowest BCUT2D eigenvalue weighted by molar-refractivity contribution is -0.132. The number of hydrogen-bond acceptors (Lipinski definition) is 4. The third-order valence-electron chi connectivity index (χ3n) is 6.89. The molecule has 2 N–H and O–H groups in total.